The highest BCUT2D eigenvalue weighted by Gasteiger charge is 2.56. The Hall–Kier alpha value is -2.17. The molecule has 116 valence electrons. The first-order chi connectivity index (χ1) is 9.67. The summed E-state index contributed by atoms with van der Waals surface area (Å²) in [5.41, 5.74) is -0.639. The zero-order valence-electron chi connectivity index (χ0n) is 12.6. The molecule has 0 aliphatic heterocycles. The topological polar surface area (TPSA) is 110 Å². The predicted octanol–water partition coefficient (Wildman–Crippen LogP) is 1.25. The molecule has 1 fully saturated rings. The summed E-state index contributed by atoms with van der Waals surface area (Å²) >= 11 is 0. The number of alkyl carbamates (subject to hydrolysis) is 1. The Balaban J connectivity index is 2.52. The molecule has 8 nitrogen and oxygen atoms in total. The first-order valence-electron chi connectivity index (χ1n) is 6.61. The third kappa shape index (κ3) is 4.70. The maximum Gasteiger partial charge on any atom is 0.408 e. The highest BCUT2D eigenvalue weighted by molar-refractivity contribution is 5.98. The molecule has 0 heterocycles. The monoisotopic (exact) mass is 298 g/mol. The number of amides is 1. The van der Waals surface area contributed by atoms with Gasteiger partial charge in [0.05, 0.1) is 7.11 Å². The Labute approximate surface area is 122 Å². The molecule has 0 saturated heterocycles. The number of hydrogen-bond acceptors (Lipinski definition) is 6. The molecular weight excluding hydrogens is 278 g/mol. The van der Waals surface area contributed by atoms with Crippen molar-refractivity contribution in [1.82, 2.24) is 5.32 Å². The molecule has 0 aromatic heterocycles. The van der Waals surface area contributed by atoms with Gasteiger partial charge in [-0.05, 0) is 27.2 Å². The molecule has 0 spiro atoms. The maximum atomic E-state index is 11.8. The second-order valence-corrected chi connectivity index (χ2v) is 5.92. The van der Waals surface area contributed by atoms with Crippen molar-refractivity contribution < 1.29 is 23.9 Å². The number of Topliss-reactive ketones (excluding diaryl/α,β-unsaturated/α-hetero) is 1. The largest absolute Gasteiger partial charge is 0.469 e. The Kier molecular flexibility index (Phi) is 5.24. The highest BCUT2D eigenvalue weighted by atomic mass is 16.6. The summed E-state index contributed by atoms with van der Waals surface area (Å²) in [6.45, 7) is 5.18. The van der Waals surface area contributed by atoms with Crippen LogP contribution in [0, 0.1) is 11.3 Å². The van der Waals surface area contributed by atoms with Gasteiger partial charge in [0.15, 0.2) is 5.78 Å². The molecule has 1 N–H and O–H groups in total. The summed E-state index contributed by atoms with van der Waals surface area (Å²) in [5.74, 6) is -1.61. The SMILES string of the molecule is COC(=O)CC(=O)C1CC(NC(=O)OC(C)(C)C)C1[N+]#N. The van der Waals surface area contributed by atoms with Crippen LogP contribution in [0.1, 0.15) is 33.6 Å². The van der Waals surface area contributed by atoms with Crippen molar-refractivity contribution in [3.63, 3.8) is 0 Å². The van der Waals surface area contributed by atoms with E-state index in [4.69, 9.17) is 10.1 Å². The van der Waals surface area contributed by atoms with E-state index in [1.807, 2.05) is 0 Å². The van der Waals surface area contributed by atoms with Gasteiger partial charge in [0.1, 0.15) is 29.0 Å². The standard InChI is InChI=1S/C13H19N3O5/c1-13(2,3)21-12(19)15-8-5-7(11(8)16-14)9(17)6-10(18)20-4/h7-8,11H,5-6H2,1-4H3/p+1. The van der Waals surface area contributed by atoms with Crippen molar-refractivity contribution in [2.45, 2.75) is 51.3 Å². The van der Waals surface area contributed by atoms with E-state index in [2.05, 4.69) is 15.0 Å². The third-order valence-corrected chi connectivity index (χ3v) is 3.13. The number of nitrogens with one attached hydrogen (secondary N) is 1. The lowest BCUT2D eigenvalue weighted by Gasteiger charge is -2.32. The summed E-state index contributed by atoms with van der Waals surface area (Å²) in [5, 5.41) is 11.5. The molecule has 3 atom stereocenters. The van der Waals surface area contributed by atoms with Gasteiger partial charge < -0.3 is 14.8 Å². The minimum Gasteiger partial charge on any atom is -0.469 e. The highest BCUT2D eigenvalue weighted by Crippen LogP contribution is 2.33. The molecule has 0 aromatic carbocycles. The number of diazo groups is 1. The van der Waals surface area contributed by atoms with Crippen LogP contribution in [0.15, 0.2) is 0 Å². The van der Waals surface area contributed by atoms with Crippen LogP contribution >= 0.6 is 0 Å². The normalized spacial score (nSPS) is 24.2. The van der Waals surface area contributed by atoms with Crippen LogP contribution < -0.4 is 5.32 Å². The molecule has 21 heavy (non-hydrogen) atoms. The minimum atomic E-state index is -0.769. The lowest BCUT2D eigenvalue weighted by atomic mass is 9.72. The van der Waals surface area contributed by atoms with Crippen LogP contribution in [0.2, 0.25) is 0 Å². The molecule has 0 bridgehead atoms. The first kappa shape index (κ1) is 16.9. The van der Waals surface area contributed by atoms with E-state index in [0.717, 1.165) is 0 Å². The fourth-order valence-corrected chi connectivity index (χ4v) is 2.07. The van der Waals surface area contributed by atoms with E-state index < -0.39 is 35.7 Å². The van der Waals surface area contributed by atoms with Crippen LogP contribution in [-0.4, -0.2) is 42.6 Å². The van der Waals surface area contributed by atoms with Crippen molar-refractivity contribution in [2.75, 3.05) is 7.11 Å². The van der Waals surface area contributed by atoms with E-state index in [0.29, 0.717) is 6.42 Å². The van der Waals surface area contributed by atoms with Gasteiger partial charge in [-0.25, -0.2) is 4.79 Å². The summed E-state index contributed by atoms with van der Waals surface area (Å²) in [6.07, 6.45) is -0.712. The number of nitrogens with zero attached hydrogens (tertiary/aromatic N) is 2. The van der Waals surface area contributed by atoms with E-state index in [1.165, 1.54) is 7.11 Å². The molecule has 0 aromatic rings. The van der Waals surface area contributed by atoms with Gasteiger partial charge in [0.25, 0.3) is 0 Å². The Bertz CT molecular complexity index is 477. The zero-order chi connectivity index (χ0) is 16.2. The van der Waals surface area contributed by atoms with Crippen LogP contribution in [0.4, 0.5) is 4.79 Å². The number of rotatable bonds is 4. The number of methoxy groups -OCH3 is 1. The molecule has 0 radical (unpaired) electrons. The second kappa shape index (κ2) is 6.52. The number of esters is 1. The fraction of sp³-hybridized carbons (Fsp3) is 0.769. The molecule has 8 heteroatoms. The molecule has 3 unspecified atom stereocenters. The van der Waals surface area contributed by atoms with Crippen molar-refractivity contribution in [2.24, 2.45) is 5.92 Å². The molecule has 1 saturated carbocycles. The molecule has 1 aliphatic carbocycles. The van der Waals surface area contributed by atoms with E-state index in [1.54, 1.807) is 20.8 Å². The zero-order valence-corrected chi connectivity index (χ0v) is 12.6. The number of ether oxygens (including phenoxy) is 2. The molecule has 1 rings (SSSR count). The van der Waals surface area contributed by atoms with E-state index >= 15 is 0 Å². The van der Waals surface area contributed by atoms with Crippen molar-refractivity contribution in [3.8, 4) is 0 Å². The van der Waals surface area contributed by atoms with Gasteiger partial charge in [-0.1, -0.05) is 0 Å². The third-order valence-electron chi connectivity index (χ3n) is 3.13. The van der Waals surface area contributed by atoms with Crippen LogP contribution in [0.5, 0.6) is 0 Å². The lowest BCUT2D eigenvalue weighted by Crippen LogP contribution is -2.57. The minimum absolute atomic E-state index is 0.295. The van der Waals surface area contributed by atoms with Crippen LogP contribution in [0.25, 0.3) is 4.98 Å². The smallest absolute Gasteiger partial charge is 0.408 e. The molecule has 1 aliphatic rings. The lowest BCUT2D eigenvalue weighted by molar-refractivity contribution is -0.145. The summed E-state index contributed by atoms with van der Waals surface area (Å²) < 4.78 is 9.49. The first-order valence-corrected chi connectivity index (χ1v) is 6.61. The van der Waals surface area contributed by atoms with Gasteiger partial charge in [0, 0.05) is 0 Å². The fourth-order valence-electron chi connectivity index (χ4n) is 2.07. The van der Waals surface area contributed by atoms with E-state index in [-0.39, 0.29) is 12.2 Å². The number of hydrogen-bond donors (Lipinski definition) is 1. The van der Waals surface area contributed by atoms with Gasteiger partial charge >= 0.3 is 18.1 Å². The second-order valence-electron chi connectivity index (χ2n) is 5.92. The number of ketones is 1. The van der Waals surface area contributed by atoms with E-state index in [9.17, 15) is 14.4 Å². The number of carbonyl (C=O) groups excluding carboxylic acids is 3. The van der Waals surface area contributed by atoms with Crippen molar-refractivity contribution in [3.05, 3.63) is 4.98 Å². The van der Waals surface area contributed by atoms with Crippen molar-refractivity contribution >= 4 is 17.8 Å². The Morgan fingerprint density at radius 3 is 2.43 bits per heavy atom. The van der Waals surface area contributed by atoms with Crippen LogP contribution in [-0.2, 0) is 19.1 Å². The molecule has 1 amide bonds. The summed E-state index contributed by atoms with van der Waals surface area (Å²) in [6, 6.07) is -1.26. The average molecular weight is 298 g/mol. The van der Waals surface area contributed by atoms with Crippen LogP contribution in [0.3, 0.4) is 0 Å². The molecular formula is C13H20N3O5+. The number of carbonyl (C=O) groups is 3. The maximum absolute atomic E-state index is 11.8. The predicted molar refractivity (Wildman–Crippen MR) is 71.8 cm³/mol. The summed E-state index contributed by atoms with van der Waals surface area (Å²) in [4.78, 5) is 37.6. The Morgan fingerprint density at radius 1 is 1.33 bits per heavy atom. The quantitative estimate of drug-likeness (QED) is 0.475. The Morgan fingerprint density at radius 2 is 1.95 bits per heavy atom. The van der Waals surface area contributed by atoms with Crippen molar-refractivity contribution in [1.29, 1.82) is 5.39 Å². The van der Waals surface area contributed by atoms with Gasteiger partial charge in [-0.15, -0.1) is 0 Å². The summed E-state index contributed by atoms with van der Waals surface area (Å²) in [7, 11) is 1.19. The van der Waals surface area contributed by atoms with Gasteiger partial charge in [-0.2, -0.15) is 0 Å². The van der Waals surface area contributed by atoms with Gasteiger partial charge in [0.2, 0.25) is 5.39 Å². The van der Waals surface area contributed by atoms with Gasteiger partial charge in [-0.3, -0.25) is 9.59 Å². The average Bonchev–Trinajstić information content (AvgIpc) is 2.31.